The minimum Gasteiger partial charge on any atom is -0.481 e. The van der Waals surface area contributed by atoms with E-state index in [0.717, 1.165) is 11.3 Å². The van der Waals surface area contributed by atoms with E-state index in [0.29, 0.717) is 6.54 Å². The average Bonchev–Trinajstić information content (AvgIpc) is 2.20. The van der Waals surface area contributed by atoms with E-state index in [2.05, 4.69) is 31.3 Å². The van der Waals surface area contributed by atoms with Gasteiger partial charge in [-0.1, -0.05) is 13.0 Å². The number of anilines is 1. The van der Waals surface area contributed by atoms with E-state index in [4.69, 9.17) is 5.11 Å². The van der Waals surface area contributed by atoms with Gasteiger partial charge in [0.15, 0.2) is 0 Å². The second-order valence-corrected chi connectivity index (χ2v) is 4.37. The van der Waals surface area contributed by atoms with Crippen molar-refractivity contribution in [2.75, 3.05) is 11.9 Å². The Bertz CT molecular complexity index is 399. The zero-order valence-electron chi connectivity index (χ0n) is 10.3. The molecule has 1 aromatic rings. The standard InChI is InChI=1S/C13H19NO2/c1-8-5-10(3)12(6-9(8)2)14-7-11(4)13(15)16/h5-6,11,14H,7H2,1-4H3,(H,15,16). The summed E-state index contributed by atoms with van der Waals surface area (Å²) < 4.78 is 0. The summed E-state index contributed by atoms with van der Waals surface area (Å²) in [5.74, 6) is -1.14. The molecule has 0 aliphatic carbocycles. The second-order valence-electron chi connectivity index (χ2n) is 4.37. The fourth-order valence-electron chi connectivity index (χ4n) is 1.50. The number of hydrogen-bond donors (Lipinski definition) is 2. The van der Waals surface area contributed by atoms with Crippen molar-refractivity contribution < 1.29 is 9.90 Å². The highest BCUT2D eigenvalue weighted by Gasteiger charge is 2.10. The van der Waals surface area contributed by atoms with Gasteiger partial charge in [0.2, 0.25) is 0 Å². The first-order valence-corrected chi connectivity index (χ1v) is 5.46. The number of aliphatic carboxylic acids is 1. The van der Waals surface area contributed by atoms with Crippen LogP contribution in [0.3, 0.4) is 0 Å². The van der Waals surface area contributed by atoms with Crippen LogP contribution in [0.25, 0.3) is 0 Å². The van der Waals surface area contributed by atoms with Crippen molar-refractivity contribution in [3.05, 3.63) is 28.8 Å². The smallest absolute Gasteiger partial charge is 0.308 e. The summed E-state index contributed by atoms with van der Waals surface area (Å²) in [6, 6.07) is 4.18. The number of rotatable bonds is 4. The molecule has 0 heterocycles. The van der Waals surface area contributed by atoms with E-state index in [1.54, 1.807) is 6.92 Å². The first-order valence-electron chi connectivity index (χ1n) is 5.46. The molecule has 0 aliphatic rings. The molecule has 0 amide bonds. The van der Waals surface area contributed by atoms with Crippen LogP contribution in [0.4, 0.5) is 5.69 Å². The lowest BCUT2D eigenvalue weighted by Gasteiger charge is -2.14. The summed E-state index contributed by atoms with van der Waals surface area (Å²) in [6.07, 6.45) is 0. The molecule has 88 valence electrons. The molecule has 0 saturated carbocycles. The minimum atomic E-state index is -0.769. The molecule has 1 atom stereocenters. The van der Waals surface area contributed by atoms with E-state index in [1.165, 1.54) is 11.1 Å². The van der Waals surface area contributed by atoms with Crippen LogP contribution in [0.5, 0.6) is 0 Å². The Balaban J connectivity index is 2.74. The van der Waals surface area contributed by atoms with Crippen LogP contribution >= 0.6 is 0 Å². The van der Waals surface area contributed by atoms with Crippen LogP contribution in [0.1, 0.15) is 23.6 Å². The maximum atomic E-state index is 10.7. The number of aryl methyl sites for hydroxylation is 3. The number of carbonyl (C=O) groups is 1. The van der Waals surface area contributed by atoms with E-state index in [-0.39, 0.29) is 5.92 Å². The van der Waals surface area contributed by atoms with Gasteiger partial charge in [-0.25, -0.2) is 0 Å². The van der Waals surface area contributed by atoms with Crippen molar-refractivity contribution in [1.82, 2.24) is 0 Å². The molecule has 1 rings (SSSR count). The molecule has 0 spiro atoms. The summed E-state index contributed by atoms with van der Waals surface area (Å²) in [4.78, 5) is 10.7. The van der Waals surface area contributed by atoms with Gasteiger partial charge in [-0.15, -0.1) is 0 Å². The SMILES string of the molecule is Cc1cc(C)c(NCC(C)C(=O)O)cc1C. The zero-order chi connectivity index (χ0) is 12.3. The van der Waals surface area contributed by atoms with E-state index in [9.17, 15) is 4.79 Å². The Kier molecular flexibility index (Phi) is 3.93. The van der Waals surface area contributed by atoms with Crippen molar-refractivity contribution in [3.63, 3.8) is 0 Å². The lowest BCUT2D eigenvalue weighted by molar-refractivity contribution is -0.140. The molecule has 1 unspecified atom stereocenters. The highest BCUT2D eigenvalue weighted by atomic mass is 16.4. The molecule has 0 aromatic heterocycles. The maximum Gasteiger partial charge on any atom is 0.308 e. The normalized spacial score (nSPS) is 12.2. The van der Waals surface area contributed by atoms with Crippen LogP contribution in [0.2, 0.25) is 0 Å². The molecule has 0 aliphatic heterocycles. The number of nitrogens with one attached hydrogen (secondary N) is 1. The molecule has 3 nitrogen and oxygen atoms in total. The number of carboxylic acids is 1. The number of benzene rings is 1. The third-order valence-corrected chi connectivity index (χ3v) is 2.86. The van der Waals surface area contributed by atoms with Gasteiger partial charge in [0.1, 0.15) is 0 Å². The predicted molar refractivity (Wildman–Crippen MR) is 65.9 cm³/mol. The van der Waals surface area contributed by atoms with Gasteiger partial charge in [0, 0.05) is 12.2 Å². The highest BCUT2D eigenvalue weighted by molar-refractivity contribution is 5.70. The molecule has 3 heteroatoms. The lowest BCUT2D eigenvalue weighted by atomic mass is 10.0. The van der Waals surface area contributed by atoms with Crippen molar-refractivity contribution in [2.45, 2.75) is 27.7 Å². The fourth-order valence-corrected chi connectivity index (χ4v) is 1.50. The van der Waals surface area contributed by atoms with Gasteiger partial charge < -0.3 is 10.4 Å². The van der Waals surface area contributed by atoms with Crippen LogP contribution in [0, 0.1) is 26.7 Å². The van der Waals surface area contributed by atoms with Crippen LogP contribution < -0.4 is 5.32 Å². The molecular formula is C13H19NO2. The van der Waals surface area contributed by atoms with Crippen LogP contribution in [-0.2, 0) is 4.79 Å². The third kappa shape index (κ3) is 2.99. The highest BCUT2D eigenvalue weighted by Crippen LogP contribution is 2.20. The topological polar surface area (TPSA) is 49.3 Å². The van der Waals surface area contributed by atoms with Crippen molar-refractivity contribution in [3.8, 4) is 0 Å². The quantitative estimate of drug-likeness (QED) is 0.822. The van der Waals surface area contributed by atoms with Gasteiger partial charge in [0.05, 0.1) is 5.92 Å². The molecule has 0 bridgehead atoms. The second kappa shape index (κ2) is 5.01. The van der Waals surface area contributed by atoms with Crippen molar-refractivity contribution in [2.24, 2.45) is 5.92 Å². The maximum absolute atomic E-state index is 10.7. The summed E-state index contributed by atoms with van der Waals surface area (Å²) in [5.41, 5.74) is 4.65. The molecule has 1 aromatic carbocycles. The lowest BCUT2D eigenvalue weighted by Crippen LogP contribution is -2.20. The predicted octanol–water partition coefficient (Wildman–Crippen LogP) is 2.74. The molecule has 16 heavy (non-hydrogen) atoms. The van der Waals surface area contributed by atoms with Gasteiger partial charge in [0.25, 0.3) is 0 Å². The summed E-state index contributed by atoms with van der Waals surface area (Å²) >= 11 is 0. The Morgan fingerprint density at radius 3 is 2.38 bits per heavy atom. The fraction of sp³-hybridized carbons (Fsp3) is 0.462. The largest absolute Gasteiger partial charge is 0.481 e. The van der Waals surface area contributed by atoms with Crippen molar-refractivity contribution >= 4 is 11.7 Å². The van der Waals surface area contributed by atoms with E-state index >= 15 is 0 Å². The first kappa shape index (κ1) is 12.6. The van der Waals surface area contributed by atoms with Gasteiger partial charge >= 0.3 is 5.97 Å². The summed E-state index contributed by atoms with van der Waals surface area (Å²) in [6.45, 7) is 8.32. The van der Waals surface area contributed by atoms with E-state index < -0.39 is 5.97 Å². The van der Waals surface area contributed by atoms with E-state index in [1.807, 2.05) is 6.92 Å². The molecule has 0 fully saturated rings. The summed E-state index contributed by atoms with van der Waals surface area (Å²) in [5, 5.41) is 12.0. The Labute approximate surface area is 96.5 Å². The zero-order valence-corrected chi connectivity index (χ0v) is 10.3. The summed E-state index contributed by atoms with van der Waals surface area (Å²) in [7, 11) is 0. The minimum absolute atomic E-state index is 0.374. The van der Waals surface area contributed by atoms with Gasteiger partial charge in [-0.05, 0) is 43.5 Å². The molecule has 0 radical (unpaired) electrons. The molecule has 0 saturated heterocycles. The Hall–Kier alpha value is -1.51. The number of carboxylic acid groups (broad SMARTS) is 1. The van der Waals surface area contributed by atoms with Crippen molar-refractivity contribution in [1.29, 1.82) is 0 Å². The number of hydrogen-bond acceptors (Lipinski definition) is 2. The average molecular weight is 221 g/mol. The first-order chi connectivity index (χ1) is 7.41. The van der Waals surface area contributed by atoms with Gasteiger partial charge in [-0.3, -0.25) is 4.79 Å². The van der Waals surface area contributed by atoms with Crippen LogP contribution in [0.15, 0.2) is 12.1 Å². The molecular weight excluding hydrogens is 202 g/mol. The molecule has 2 N–H and O–H groups in total. The Morgan fingerprint density at radius 2 is 1.81 bits per heavy atom. The monoisotopic (exact) mass is 221 g/mol. The Morgan fingerprint density at radius 1 is 1.25 bits per heavy atom. The van der Waals surface area contributed by atoms with Gasteiger partial charge in [-0.2, -0.15) is 0 Å². The third-order valence-electron chi connectivity index (χ3n) is 2.86. The van der Waals surface area contributed by atoms with Crippen LogP contribution in [-0.4, -0.2) is 17.6 Å².